The number of aliphatic hydroxyl groups is 1. The number of aliphatic carboxylic acids is 1. The number of carboxylic acid groups (broad SMARTS) is 1. The summed E-state index contributed by atoms with van der Waals surface area (Å²) in [4.78, 5) is 11.2. The lowest BCUT2D eigenvalue weighted by atomic mass is 10.0. The average molecular weight is 308 g/mol. The standard InChI is InChI=1S/C12H24N2O5S/c1-9(2)10(6-8-15)13-20(18,19)14-7-4-3-5-11(14)12(16)17/h9-11,13,15H,3-8H2,1-2H3,(H,16,17). The van der Waals surface area contributed by atoms with Gasteiger partial charge >= 0.3 is 5.97 Å². The van der Waals surface area contributed by atoms with E-state index in [2.05, 4.69) is 4.72 Å². The molecule has 0 aromatic rings. The van der Waals surface area contributed by atoms with Gasteiger partial charge in [-0.05, 0) is 31.6 Å². The number of rotatable bonds is 7. The lowest BCUT2D eigenvalue weighted by Crippen LogP contribution is -2.54. The molecule has 0 aliphatic carbocycles. The number of aliphatic hydroxyl groups excluding tert-OH is 1. The van der Waals surface area contributed by atoms with E-state index in [-0.39, 0.29) is 19.1 Å². The predicted octanol–water partition coefficient (Wildman–Crippen LogP) is 0.167. The van der Waals surface area contributed by atoms with Crippen molar-refractivity contribution in [2.45, 2.75) is 51.6 Å². The van der Waals surface area contributed by atoms with Gasteiger partial charge in [0.25, 0.3) is 10.2 Å². The van der Waals surface area contributed by atoms with Gasteiger partial charge in [-0.15, -0.1) is 0 Å². The predicted molar refractivity (Wildman–Crippen MR) is 74.4 cm³/mol. The molecule has 1 aliphatic rings. The molecule has 0 spiro atoms. The van der Waals surface area contributed by atoms with E-state index in [0.717, 1.165) is 4.31 Å². The fourth-order valence-corrected chi connectivity index (χ4v) is 4.17. The first-order chi connectivity index (χ1) is 9.29. The Labute approximate surface area is 120 Å². The molecule has 0 radical (unpaired) electrons. The maximum Gasteiger partial charge on any atom is 0.322 e. The quantitative estimate of drug-likeness (QED) is 0.621. The zero-order chi connectivity index (χ0) is 15.3. The lowest BCUT2D eigenvalue weighted by Gasteiger charge is -2.34. The van der Waals surface area contributed by atoms with Gasteiger partial charge in [0.2, 0.25) is 0 Å². The highest BCUT2D eigenvalue weighted by Gasteiger charge is 2.37. The molecule has 8 heteroatoms. The van der Waals surface area contributed by atoms with Crippen molar-refractivity contribution in [2.24, 2.45) is 5.92 Å². The topological polar surface area (TPSA) is 107 Å². The summed E-state index contributed by atoms with van der Waals surface area (Å²) in [5.74, 6) is -1.09. The normalized spacial score (nSPS) is 22.9. The molecule has 118 valence electrons. The summed E-state index contributed by atoms with van der Waals surface area (Å²) in [6.45, 7) is 3.81. The first kappa shape index (κ1) is 17.4. The Kier molecular flexibility index (Phi) is 6.38. The number of nitrogens with zero attached hydrogens (tertiary/aromatic N) is 1. The van der Waals surface area contributed by atoms with Gasteiger partial charge in [-0.3, -0.25) is 4.79 Å². The van der Waals surface area contributed by atoms with Crippen LogP contribution in [-0.2, 0) is 15.0 Å². The van der Waals surface area contributed by atoms with Crippen LogP contribution in [0.1, 0.15) is 39.5 Å². The fourth-order valence-electron chi connectivity index (χ4n) is 2.37. The number of carbonyl (C=O) groups is 1. The molecule has 1 rings (SSSR count). The van der Waals surface area contributed by atoms with Crippen LogP contribution in [0, 0.1) is 5.92 Å². The molecule has 0 aromatic carbocycles. The largest absolute Gasteiger partial charge is 0.480 e. The zero-order valence-corrected chi connectivity index (χ0v) is 12.8. The molecule has 1 aliphatic heterocycles. The molecule has 0 bridgehead atoms. The van der Waals surface area contributed by atoms with Crippen molar-refractivity contribution in [3.63, 3.8) is 0 Å². The third kappa shape index (κ3) is 4.41. The van der Waals surface area contributed by atoms with Crippen molar-refractivity contribution in [1.82, 2.24) is 9.03 Å². The Morgan fingerprint density at radius 3 is 2.55 bits per heavy atom. The molecule has 1 heterocycles. The highest BCUT2D eigenvalue weighted by molar-refractivity contribution is 7.87. The summed E-state index contributed by atoms with van der Waals surface area (Å²) < 4.78 is 28.3. The van der Waals surface area contributed by atoms with E-state index in [1.165, 1.54) is 0 Å². The second-order valence-electron chi connectivity index (χ2n) is 5.45. The molecule has 2 atom stereocenters. The van der Waals surface area contributed by atoms with Gasteiger partial charge < -0.3 is 10.2 Å². The van der Waals surface area contributed by atoms with Crippen LogP contribution >= 0.6 is 0 Å². The average Bonchev–Trinajstić information content (AvgIpc) is 2.38. The van der Waals surface area contributed by atoms with Gasteiger partial charge in [0.05, 0.1) is 0 Å². The number of piperidine rings is 1. The summed E-state index contributed by atoms with van der Waals surface area (Å²) >= 11 is 0. The minimum atomic E-state index is -3.85. The molecule has 0 aromatic heterocycles. The summed E-state index contributed by atoms with van der Waals surface area (Å²) in [6.07, 6.45) is 2.02. The lowest BCUT2D eigenvalue weighted by molar-refractivity contribution is -0.142. The minimum Gasteiger partial charge on any atom is -0.480 e. The van der Waals surface area contributed by atoms with E-state index in [1.807, 2.05) is 13.8 Å². The first-order valence-electron chi connectivity index (χ1n) is 6.92. The summed E-state index contributed by atoms with van der Waals surface area (Å²) in [6, 6.07) is -1.40. The number of nitrogens with one attached hydrogen (secondary N) is 1. The number of hydrogen-bond acceptors (Lipinski definition) is 4. The molecular weight excluding hydrogens is 284 g/mol. The summed E-state index contributed by atoms with van der Waals surface area (Å²) in [7, 11) is -3.85. The highest BCUT2D eigenvalue weighted by atomic mass is 32.2. The van der Waals surface area contributed by atoms with E-state index in [0.29, 0.717) is 25.7 Å². The highest BCUT2D eigenvalue weighted by Crippen LogP contribution is 2.21. The van der Waals surface area contributed by atoms with Crippen molar-refractivity contribution in [3.05, 3.63) is 0 Å². The van der Waals surface area contributed by atoms with Gasteiger partial charge in [-0.1, -0.05) is 13.8 Å². The van der Waals surface area contributed by atoms with Crippen molar-refractivity contribution in [3.8, 4) is 0 Å². The Bertz CT molecular complexity index is 424. The Hall–Kier alpha value is -0.700. The van der Waals surface area contributed by atoms with Gasteiger partial charge in [0.1, 0.15) is 6.04 Å². The minimum absolute atomic E-state index is 0.0185. The van der Waals surface area contributed by atoms with Crippen LogP contribution in [-0.4, -0.2) is 54.1 Å². The maximum atomic E-state index is 12.4. The van der Waals surface area contributed by atoms with E-state index in [4.69, 9.17) is 10.2 Å². The summed E-state index contributed by atoms with van der Waals surface area (Å²) in [5, 5.41) is 18.1. The Morgan fingerprint density at radius 1 is 1.40 bits per heavy atom. The first-order valence-corrected chi connectivity index (χ1v) is 8.36. The number of carboxylic acids is 1. The van der Waals surface area contributed by atoms with Crippen LogP contribution in [0.4, 0.5) is 0 Å². The smallest absolute Gasteiger partial charge is 0.322 e. The molecule has 3 N–H and O–H groups in total. The van der Waals surface area contributed by atoms with Crippen molar-refractivity contribution >= 4 is 16.2 Å². The van der Waals surface area contributed by atoms with Crippen LogP contribution in [0.25, 0.3) is 0 Å². The van der Waals surface area contributed by atoms with Crippen LogP contribution in [0.15, 0.2) is 0 Å². The Balaban J connectivity index is 2.87. The second kappa shape index (κ2) is 7.35. The van der Waals surface area contributed by atoms with Crippen molar-refractivity contribution < 1.29 is 23.4 Å². The zero-order valence-electron chi connectivity index (χ0n) is 11.9. The van der Waals surface area contributed by atoms with Crippen LogP contribution in [0.5, 0.6) is 0 Å². The van der Waals surface area contributed by atoms with Gasteiger partial charge in [0, 0.05) is 19.2 Å². The monoisotopic (exact) mass is 308 g/mol. The van der Waals surface area contributed by atoms with Crippen LogP contribution < -0.4 is 4.72 Å². The Morgan fingerprint density at radius 2 is 2.05 bits per heavy atom. The molecule has 2 unspecified atom stereocenters. The third-order valence-corrected chi connectivity index (χ3v) is 5.25. The number of hydrogen-bond donors (Lipinski definition) is 3. The molecule has 0 amide bonds. The second-order valence-corrected chi connectivity index (χ2v) is 7.10. The van der Waals surface area contributed by atoms with Crippen molar-refractivity contribution in [1.29, 1.82) is 0 Å². The van der Waals surface area contributed by atoms with Crippen LogP contribution in [0.2, 0.25) is 0 Å². The molecule has 1 saturated heterocycles. The molecule has 7 nitrogen and oxygen atoms in total. The molecule has 1 fully saturated rings. The third-order valence-electron chi connectivity index (χ3n) is 3.59. The molecule has 20 heavy (non-hydrogen) atoms. The van der Waals surface area contributed by atoms with E-state index in [9.17, 15) is 13.2 Å². The molecular formula is C12H24N2O5S. The van der Waals surface area contributed by atoms with Crippen LogP contribution in [0.3, 0.4) is 0 Å². The van der Waals surface area contributed by atoms with Gasteiger partial charge in [-0.25, -0.2) is 0 Å². The molecule has 0 saturated carbocycles. The van der Waals surface area contributed by atoms with Gasteiger partial charge in [0.15, 0.2) is 0 Å². The van der Waals surface area contributed by atoms with E-state index >= 15 is 0 Å². The fraction of sp³-hybridized carbons (Fsp3) is 0.917. The SMILES string of the molecule is CC(C)C(CCO)NS(=O)(=O)N1CCCCC1C(=O)O. The summed E-state index contributed by atoms with van der Waals surface area (Å²) in [5.41, 5.74) is 0. The van der Waals surface area contributed by atoms with E-state index in [1.54, 1.807) is 0 Å². The van der Waals surface area contributed by atoms with Crippen molar-refractivity contribution in [2.75, 3.05) is 13.2 Å². The van der Waals surface area contributed by atoms with E-state index < -0.39 is 28.3 Å². The van der Waals surface area contributed by atoms with Gasteiger partial charge in [-0.2, -0.15) is 17.4 Å². The maximum absolute atomic E-state index is 12.4.